The van der Waals surface area contributed by atoms with Crippen LogP contribution < -0.4 is 15.4 Å². The first-order chi connectivity index (χ1) is 17.6. The first kappa shape index (κ1) is 29.7. The fraction of sp³-hybridized carbons (Fsp3) is 0.538. The maximum atomic E-state index is 14.5. The van der Waals surface area contributed by atoms with Crippen molar-refractivity contribution in [1.82, 2.24) is 10.3 Å². The highest BCUT2D eigenvalue weighted by atomic mass is 19.4. The fourth-order valence-corrected chi connectivity index (χ4v) is 4.91. The lowest BCUT2D eigenvalue weighted by atomic mass is 9.77. The molecule has 7 nitrogen and oxygen atoms in total. The molecule has 2 aromatic rings. The Kier molecular flexibility index (Phi) is 8.40. The largest absolute Gasteiger partial charge is 0.493 e. The van der Waals surface area contributed by atoms with Crippen LogP contribution >= 0.6 is 0 Å². The number of halogens is 5. The number of hydrogen-bond acceptors (Lipinski definition) is 6. The van der Waals surface area contributed by atoms with E-state index in [1.54, 1.807) is 20.2 Å². The van der Waals surface area contributed by atoms with Gasteiger partial charge in [0.15, 0.2) is 17.2 Å². The maximum Gasteiger partial charge on any atom is 0.417 e. The molecule has 1 amide bonds. The minimum Gasteiger partial charge on any atom is -0.493 e. The third-order valence-electron chi connectivity index (χ3n) is 7.42. The van der Waals surface area contributed by atoms with Crippen molar-refractivity contribution < 1.29 is 41.0 Å². The zero-order valence-corrected chi connectivity index (χ0v) is 22.2. The molecule has 0 saturated carbocycles. The number of carbonyl (C=O) groups is 1. The lowest BCUT2D eigenvalue weighted by Gasteiger charge is -2.32. The van der Waals surface area contributed by atoms with Crippen LogP contribution in [0.3, 0.4) is 0 Å². The molecule has 1 saturated heterocycles. The van der Waals surface area contributed by atoms with Crippen LogP contribution in [0.2, 0.25) is 0 Å². The molecule has 0 unspecified atom stereocenters. The number of likely N-dealkylation sites (N-methyl/N-ethyl adjacent to an activating group) is 1. The van der Waals surface area contributed by atoms with E-state index in [1.807, 2.05) is 13.8 Å². The number of rotatable bonds is 8. The molecule has 2 N–H and O–H groups in total. The van der Waals surface area contributed by atoms with Gasteiger partial charge in [0.2, 0.25) is 5.82 Å². The monoisotopic (exact) mass is 545 g/mol. The van der Waals surface area contributed by atoms with Crippen LogP contribution in [0.1, 0.15) is 50.9 Å². The molecule has 1 aliphatic heterocycles. The molecule has 1 aromatic heterocycles. The topological polar surface area (TPSA) is 81.7 Å². The van der Waals surface area contributed by atoms with E-state index in [4.69, 9.17) is 14.2 Å². The van der Waals surface area contributed by atoms with Crippen molar-refractivity contribution in [3.05, 3.63) is 53.4 Å². The van der Waals surface area contributed by atoms with Crippen LogP contribution in [0.5, 0.6) is 5.75 Å². The molecule has 3 rings (SSSR count). The number of nitrogens with zero attached hydrogens (tertiary/aromatic N) is 1. The summed E-state index contributed by atoms with van der Waals surface area (Å²) in [7, 11) is 4.32. The Hall–Kier alpha value is -2.83. The Balaban J connectivity index is 2.04. The molecule has 38 heavy (non-hydrogen) atoms. The average molecular weight is 546 g/mol. The van der Waals surface area contributed by atoms with Crippen LogP contribution in [0.15, 0.2) is 30.5 Å². The highest BCUT2D eigenvalue weighted by Crippen LogP contribution is 2.55. The van der Waals surface area contributed by atoms with E-state index < -0.39 is 58.6 Å². The minimum absolute atomic E-state index is 0.112. The van der Waals surface area contributed by atoms with E-state index in [9.17, 15) is 26.7 Å². The Bertz CT molecular complexity index is 1180. The van der Waals surface area contributed by atoms with Gasteiger partial charge < -0.3 is 24.8 Å². The predicted octanol–water partition coefficient (Wildman–Crippen LogP) is 5.13. The molecule has 1 aliphatic rings. The molecule has 1 fully saturated rings. The number of anilines is 1. The molecule has 0 aliphatic carbocycles. The SMILES string of the molecule is CN[C@H](c1cc(NC(=O)[C@@H]2O[C@@](C)(C(F)(F)F)[C@@H](C)[C@H]2c2ccc(F)c(F)c2OC)ccn1)C(C)(C)OC. The molecular formula is C26H32F5N3O4. The molecular weight excluding hydrogens is 513 g/mol. The van der Waals surface area contributed by atoms with Crippen molar-refractivity contribution in [1.29, 1.82) is 0 Å². The summed E-state index contributed by atoms with van der Waals surface area (Å²) in [5, 5.41) is 5.70. The lowest BCUT2D eigenvalue weighted by Crippen LogP contribution is -2.47. The second-order valence-corrected chi connectivity index (χ2v) is 9.93. The molecule has 0 spiro atoms. The highest BCUT2D eigenvalue weighted by molar-refractivity contribution is 5.95. The third kappa shape index (κ3) is 5.21. The van der Waals surface area contributed by atoms with Gasteiger partial charge in [-0.25, -0.2) is 4.39 Å². The lowest BCUT2D eigenvalue weighted by molar-refractivity contribution is -0.272. The van der Waals surface area contributed by atoms with E-state index in [0.29, 0.717) is 5.69 Å². The maximum absolute atomic E-state index is 14.5. The summed E-state index contributed by atoms with van der Waals surface area (Å²) in [5.74, 6) is -6.76. The summed E-state index contributed by atoms with van der Waals surface area (Å²) in [6, 6.07) is 4.54. The smallest absolute Gasteiger partial charge is 0.417 e. The predicted molar refractivity (Wildman–Crippen MR) is 130 cm³/mol. The Morgan fingerprint density at radius 1 is 1.18 bits per heavy atom. The van der Waals surface area contributed by atoms with Crippen LogP contribution in [-0.4, -0.2) is 55.6 Å². The number of carbonyl (C=O) groups excluding carboxylic acids is 1. The Morgan fingerprint density at radius 2 is 1.84 bits per heavy atom. The third-order valence-corrected chi connectivity index (χ3v) is 7.42. The van der Waals surface area contributed by atoms with Gasteiger partial charge in [-0.15, -0.1) is 0 Å². The first-order valence-electron chi connectivity index (χ1n) is 11.9. The highest BCUT2D eigenvalue weighted by Gasteiger charge is 2.66. The molecule has 0 bridgehead atoms. The number of aromatic nitrogens is 1. The quantitative estimate of drug-likeness (QED) is 0.448. The molecule has 0 radical (unpaired) electrons. The number of pyridine rings is 1. The van der Waals surface area contributed by atoms with Gasteiger partial charge in [0.05, 0.1) is 24.4 Å². The van der Waals surface area contributed by atoms with Gasteiger partial charge >= 0.3 is 6.18 Å². The standard InChI is InChI=1S/C26H32F5N3O4/c1-13-18(15-8-9-16(27)19(28)20(15)36-6)21(38-25(13,4)26(29,30)31)23(35)34-14-10-11-33-17(12-14)22(32-5)24(2,3)37-7/h8-13,18,21-22,32H,1-7H3,(H,33,34,35)/t13-,18-,21+,22+,25+/m0/s1. The summed E-state index contributed by atoms with van der Waals surface area (Å²) in [6.07, 6.45) is -5.13. The summed E-state index contributed by atoms with van der Waals surface area (Å²) < 4.78 is 86.8. The second kappa shape index (κ2) is 10.7. The van der Waals surface area contributed by atoms with Crippen LogP contribution in [0.25, 0.3) is 0 Å². The van der Waals surface area contributed by atoms with Gasteiger partial charge in [-0.1, -0.05) is 13.0 Å². The summed E-state index contributed by atoms with van der Waals surface area (Å²) in [6.45, 7) is 5.76. The number of ether oxygens (including phenoxy) is 3. The Labute approximate surface area is 218 Å². The minimum atomic E-state index is -4.86. The number of hydrogen-bond donors (Lipinski definition) is 2. The van der Waals surface area contributed by atoms with Gasteiger partial charge in [0.1, 0.15) is 6.10 Å². The summed E-state index contributed by atoms with van der Waals surface area (Å²) in [5.41, 5.74) is -2.79. The van der Waals surface area contributed by atoms with E-state index in [-0.39, 0.29) is 17.3 Å². The van der Waals surface area contributed by atoms with Gasteiger partial charge in [-0.3, -0.25) is 9.78 Å². The van der Waals surface area contributed by atoms with Crippen molar-refractivity contribution in [2.24, 2.45) is 5.92 Å². The van der Waals surface area contributed by atoms with Crippen molar-refractivity contribution in [2.75, 3.05) is 26.6 Å². The number of amides is 1. The number of alkyl halides is 3. The Morgan fingerprint density at radius 3 is 2.39 bits per heavy atom. The summed E-state index contributed by atoms with van der Waals surface area (Å²) in [4.78, 5) is 17.8. The molecule has 2 heterocycles. The van der Waals surface area contributed by atoms with Crippen molar-refractivity contribution in [2.45, 2.75) is 63.1 Å². The van der Waals surface area contributed by atoms with Gasteiger partial charge in [-0.05, 0) is 46.0 Å². The second-order valence-electron chi connectivity index (χ2n) is 9.93. The molecule has 210 valence electrons. The van der Waals surface area contributed by atoms with Crippen LogP contribution in [0, 0.1) is 17.6 Å². The molecule has 1 aromatic carbocycles. The zero-order chi connectivity index (χ0) is 28.6. The zero-order valence-electron chi connectivity index (χ0n) is 22.2. The summed E-state index contributed by atoms with van der Waals surface area (Å²) >= 11 is 0. The van der Waals surface area contributed by atoms with Gasteiger partial charge in [0, 0.05) is 36.4 Å². The van der Waals surface area contributed by atoms with E-state index >= 15 is 0 Å². The fourth-order valence-electron chi connectivity index (χ4n) is 4.91. The first-order valence-corrected chi connectivity index (χ1v) is 11.9. The molecule has 12 heteroatoms. The van der Waals surface area contributed by atoms with E-state index in [2.05, 4.69) is 15.6 Å². The number of methoxy groups -OCH3 is 2. The van der Waals surface area contributed by atoms with Crippen molar-refractivity contribution >= 4 is 11.6 Å². The normalized spacial score (nSPS) is 24.8. The number of benzene rings is 1. The van der Waals surface area contributed by atoms with E-state index in [0.717, 1.165) is 26.2 Å². The number of nitrogens with one attached hydrogen (secondary N) is 2. The van der Waals surface area contributed by atoms with Crippen LogP contribution in [-0.2, 0) is 14.3 Å². The van der Waals surface area contributed by atoms with Gasteiger partial charge in [0.25, 0.3) is 5.91 Å². The van der Waals surface area contributed by atoms with Crippen molar-refractivity contribution in [3.8, 4) is 5.75 Å². The molecule has 5 atom stereocenters. The van der Waals surface area contributed by atoms with E-state index in [1.165, 1.54) is 19.2 Å². The average Bonchev–Trinajstić information content (AvgIpc) is 3.13. The van der Waals surface area contributed by atoms with Crippen molar-refractivity contribution in [3.63, 3.8) is 0 Å². The van der Waals surface area contributed by atoms with Gasteiger partial charge in [-0.2, -0.15) is 17.6 Å². The van der Waals surface area contributed by atoms with Crippen LogP contribution in [0.4, 0.5) is 27.6 Å².